The molecule has 0 aliphatic heterocycles. The normalized spacial score (nSPS) is 10.8. The van der Waals surface area contributed by atoms with Crippen molar-refractivity contribution in [2.75, 3.05) is 0 Å². The summed E-state index contributed by atoms with van der Waals surface area (Å²) in [4.78, 5) is 8.74. The van der Waals surface area contributed by atoms with Gasteiger partial charge in [-0.25, -0.2) is 9.97 Å². The molecular weight excluding hydrogens is 313 g/mol. The minimum atomic E-state index is 0.735. The lowest BCUT2D eigenvalue weighted by atomic mass is 10.2. The van der Waals surface area contributed by atoms with Gasteiger partial charge in [0.2, 0.25) is 5.78 Å². The summed E-state index contributed by atoms with van der Waals surface area (Å²) in [5.74, 6) is 0.735. The Bertz CT molecular complexity index is 631. The highest BCUT2D eigenvalue weighted by molar-refractivity contribution is 14.1. The van der Waals surface area contributed by atoms with Crippen molar-refractivity contribution in [3.63, 3.8) is 0 Å². The van der Waals surface area contributed by atoms with E-state index in [9.17, 15) is 0 Å². The van der Waals surface area contributed by atoms with Gasteiger partial charge in [0.05, 0.1) is 5.69 Å². The van der Waals surface area contributed by atoms with Crippen LogP contribution in [0.15, 0.2) is 48.9 Å². The van der Waals surface area contributed by atoms with E-state index in [1.807, 2.05) is 53.3 Å². The molecule has 78 valence electrons. The van der Waals surface area contributed by atoms with Gasteiger partial charge < -0.3 is 0 Å². The van der Waals surface area contributed by atoms with Gasteiger partial charge in [-0.1, -0.05) is 30.3 Å². The predicted molar refractivity (Wildman–Crippen MR) is 71.1 cm³/mol. The van der Waals surface area contributed by atoms with Gasteiger partial charge in [-0.2, -0.15) is 0 Å². The zero-order valence-electron chi connectivity index (χ0n) is 8.34. The van der Waals surface area contributed by atoms with Crippen LogP contribution in [0.25, 0.3) is 17.0 Å². The molecule has 3 aromatic rings. The number of rotatable bonds is 1. The summed E-state index contributed by atoms with van der Waals surface area (Å²) < 4.78 is 3.05. The zero-order chi connectivity index (χ0) is 11.0. The fourth-order valence-electron chi connectivity index (χ4n) is 1.61. The number of hydrogen-bond acceptors (Lipinski definition) is 2. The molecule has 2 heterocycles. The van der Waals surface area contributed by atoms with E-state index in [4.69, 9.17) is 0 Å². The second-order valence-corrected chi connectivity index (χ2v) is 4.72. The quantitative estimate of drug-likeness (QED) is 0.645. The predicted octanol–water partition coefficient (Wildman–Crippen LogP) is 3.00. The molecular formula is C12H8IN3. The van der Waals surface area contributed by atoms with Crippen molar-refractivity contribution in [1.29, 1.82) is 0 Å². The highest BCUT2D eigenvalue weighted by atomic mass is 127. The van der Waals surface area contributed by atoms with Crippen molar-refractivity contribution in [3.8, 4) is 11.3 Å². The minimum Gasteiger partial charge on any atom is -0.289 e. The van der Waals surface area contributed by atoms with Crippen molar-refractivity contribution in [2.24, 2.45) is 0 Å². The average Bonchev–Trinajstić information content (AvgIpc) is 2.73. The summed E-state index contributed by atoms with van der Waals surface area (Å²) in [5, 5.41) is 0. The number of fused-ring (bicyclic) bond motifs is 1. The third-order valence-corrected chi connectivity index (χ3v) is 2.91. The largest absolute Gasteiger partial charge is 0.289 e. The van der Waals surface area contributed by atoms with Crippen LogP contribution in [0.1, 0.15) is 0 Å². The van der Waals surface area contributed by atoms with Crippen molar-refractivity contribution >= 4 is 28.4 Å². The van der Waals surface area contributed by atoms with E-state index < -0.39 is 0 Å². The first-order chi connectivity index (χ1) is 7.83. The Balaban J connectivity index is 2.19. The Morgan fingerprint density at radius 2 is 1.88 bits per heavy atom. The minimum absolute atomic E-state index is 0.735. The van der Waals surface area contributed by atoms with Crippen LogP contribution < -0.4 is 0 Å². The lowest BCUT2D eigenvalue weighted by molar-refractivity contribution is 1.09. The van der Waals surface area contributed by atoms with Crippen molar-refractivity contribution < 1.29 is 0 Å². The van der Waals surface area contributed by atoms with E-state index in [0.717, 1.165) is 20.6 Å². The lowest BCUT2D eigenvalue weighted by Crippen LogP contribution is -1.87. The molecule has 3 nitrogen and oxygen atoms in total. The van der Waals surface area contributed by atoms with Crippen LogP contribution in [0.4, 0.5) is 0 Å². The number of nitrogens with zero attached hydrogens (tertiary/aromatic N) is 3. The summed E-state index contributed by atoms with van der Waals surface area (Å²) in [6, 6.07) is 10.1. The first-order valence-corrected chi connectivity index (χ1v) is 5.96. The molecule has 0 aliphatic rings. The molecule has 0 radical (unpaired) electrons. The second-order valence-electron chi connectivity index (χ2n) is 3.47. The maximum absolute atomic E-state index is 4.47. The fraction of sp³-hybridized carbons (Fsp3) is 0. The Morgan fingerprint density at radius 1 is 1.06 bits per heavy atom. The molecule has 0 bridgehead atoms. The SMILES string of the molecule is Ic1cnc2nc(-c3ccccc3)cn2c1. The molecule has 0 unspecified atom stereocenters. The molecule has 2 aromatic heterocycles. The van der Waals surface area contributed by atoms with Crippen LogP contribution in [0.3, 0.4) is 0 Å². The molecule has 4 heteroatoms. The topological polar surface area (TPSA) is 30.2 Å². The number of imidazole rings is 1. The first-order valence-electron chi connectivity index (χ1n) is 4.88. The van der Waals surface area contributed by atoms with E-state index in [0.29, 0.717) is 0 Å². The Labute approximate surface area is 106 Å². The highest BCUT2D eigenvalue weighted by Crippen LogP contribution is 2.18. The van der Waals surface area contributed by atoms with Gasteiger partial charge in [0.25, 0.3) is 0 Å². The fourth-order valence-corrected chi connectivity index (χ4v) is 2.05. The molecule has 0 atom stereocenters. The molecule has 0 N–H and O–H groups in total. The molecule has 16 heavy (non-hydrogen) atoms. The van der Waals surface area contributed by atoms with Crippen LogP contribution in [0.5, 0.6) is 0 Å². The molecule has 0 aliphatic carbocycles. The summed E-state index contributed by atoms with van der Waals surface area (Å²) in [6.45, 7) is 0. The Morgan fingerprint density at radius 3 is 2.69 bits per heavy atom. The number of hydrogen-bond donors (Lipinski definition) is 0. The standard InChI is InChI=1S/C12H8IN3/c13-10-6-14-12-15-11(8-16(12)7-10)9-4-2-1-3-5-9/h1-8H. The van der Waals surface area contributed by atoms with Gasteiger partial charge >= 0.3 is 0 Å². The molecule has 0 fully saturated rings. The van der Waals surface area contributed by atoms with Crippen molar-refractivity contribution in [1.82, 2.24) is 14.4 Å². The maximum Gasteiger partial charge on any atom is 0.234 e. The van der Waals surface area contributed by atoms with E-state index in [1.165, 1.54) is 0 Å². The number of halogens is 1. The molecule has 0 saturated heterocycles. The van der Waals surface area contributed by atoms with E-state index in [1.54, 1.807) is 0 Å². The molecule has 1 aromatic carbocycles. The summed E-state index contributed by atoms with van der Waals surface area (Å²) in [5.41, 5.74) is 2.07. The lowest BCUT2D eigenvalue weighted by Gasteiger charge is -1.92. The smallest absolute Gasteiger partial charge is 0.234 e. The Hall–Kier alpha value is -1.43. The monoisotopic (exact) mass is 321 g/mol. The molecule has 0 amide bonds. The summed E-state index contributed by atoms with van der Waals surface area (Å²) in [7, 11) is 0. The van der Waals surface area contributed by atoms with Gasteiger partial charge in [-0.3, -0.25) is 4.40 Å². The van der Waals surface area contributed by atoms with Gasteiger partial charge in [-0.05, 0) is 22.6 Å². The second kappa shape index (κ2) is 3.86. The number of benzene rings is 1. The summed E-state index contributed by atoms with van der Waals surface area (Å²) in [6.07, 6.45) is 5.83. The summed E-state index contributed by atoms with van der Waals surface area (Å²) >= 11 is 2.24. The van der Waals surface area contributed by atoms with Gasteiger partial charge in [-0.15, -0.1) is 0 Å². The molecule has 0 saturated carbocycles. The maximum atomic E-state index is 4.47. The van der Waals surface area contributed by atoms with Crippen LogP contribution in [0.2, 0.25) is 0 Å². The first kappa shape index (κ1) is 9.77. The van der Waals surface area contributed by atoms with Crippen molar-refractivity contribution in [2.45, 2.75) is 0 Å². The number of aromatic nitrogens is 3. The molecule has 0 spiro atoms. The van der Waals surface area contributed by atoms with Gasteiger partial charge in [0.15, 0.2) is 0 Å². The van der Waals surface area contributed by atoms with E-state index in [2.05, 4.69) is 32.6 Å². The third-order valence-electron chi connectivity index (χ3n) is 2.35. The van der Waals surface area contributed by atoms with E-state index >= 15 is 0 Å². The van der Waals surface area contributed by atoms with E-state index in [-0.39, 0.29) is 0 Å². The average molecular weight is 321 g/mol. The van der Waals surface area contributed by atoms with Crippen LogP contribution in [-0.2, 0) is 0 Å². The Kier molecular flexibility index (Phi) is 2.36. The van der Waals surface area contributed by atoms with Crippen LogP contribution in [0, 0.1) is 3.57 Å². The highest BCUT2D eigenvalue weighted by Gasteiger charge is 2.04. The van der Waals surface area contributed by atoms with Gasteiger partial charge in [0.1, 0.15) is 0 Å². The van der Waals surface area contributed by atoms with Crippen LogP contribution in [-0.4, -0.2) is 14.4 Å². The molecule has 3 rings (SSSR count). The van der Waals surface area contributed by atoms with Crippen molar-refractivity contribution in [3.05, 3.63) is 52.5 Å². The van der Waals surface area contributed by atoms with Crippen LogP contribution >= 0.6 is 22.6 Å². The zero-order valence-corrected chi connectivity index (χ0v) is 10.5. The van der Waals surface area contributed by atoms with Gasteiger partial charge in [0, 0.05) is 27.7 Å². The third kappa shape index (κ3) is 1.69.